The maximum Gasteiger partial charge on any atom is 0.241 e. The first-order valence-electron chi connectivity index (χ1n) is 9.30. The van der Waals surface area contributed by atoms with Crippen LogP contribution in [0.2, 0.25) is 0 Å². The van der Waals surface area contributed by atoms with Gasteiger partial charge in [-0.2, -0.15) is 0 Å². The number of rotatable bonds is 7. The molecule has 134 valence electrons. The minimum Gasteiger partial charge on any atom is -0.311 e. The zero-order chi connectivity index (χ0) is 17.4. The van der Waals surface area contributed by atoms with Gasteiger partial charge in [0, 0.05) is 30.4 Å². The van der Waals surface area contributed by atoms with Gasteiger partial charge in [0.1, 0.15) is 0 Å². The number of amides is 1. The average molecular weight is 332 g/mol. The molecule has 0 spiro atoms. The van der Waals surface area contributed by atoms with Crippen LogP contribution in [0.1, 0.15) is 52.9 Å². The van der Waals surface area contributed by atoms with Crippen LogP contribution >= 0.6 is 0 Å². The second-order valence-corrected chi connectivity index (χ2v) is 7.74. The van der Waals surface area contributed by atoms with Gasteiger partial charge in [-0.1, -0.05) is 37.5 Å². The van der Waals surface area contributed by atoms with E-state index in [-0.39, 0.29) is 11.4 Å². The Hall–Kier alpha value is -1.39. The molecule has 4 nitrogen and oxygen atoms in total. The molecule has 4 heteroatoms. The summed E-state index contributed by atoms with van der Waals surface area (Å²) in [6.07, 6.45) is 5.98. The molecule has 0 aliphatic heterocycles. The minimum atomic E-state index is 0.115. The molecule has 0 atom stereocenters. The first-order valence-corrected chi connectivity index (χ1v) is 9.30. The fourth-order valence-corrected chi connectivity index (χ4v) is 3.29. The smallest absolute Gasteiger partial charge is 0.241 e. The maximum absolute atomic E-state index is 12.8. The van der Waals surface area contributed by atoms with Crippen LogP contribution in [0.25, 0.3) is 0 Å². The minimum absolute atomic E-state index is 0.115. The molecule has 0 bridgehead atoms. The maximum atomic E-state index is 12.8. The summed E-state index contributed by atoms with van der Waals surface area (Å²) in [5, 5.41) is 6.73. The molecule has 1 fully saturated rings. The number of hydrogen-bond donors (Lipinski definition) is 2. The predicted octanol–water partition coefficient (Wildman–Crippen LogP) is 3.33. The van der Waals surface area contributed by atoms with E-state index in [1.54, 1.807) is 0 Å². The molecule has 1 aliphatic rings. The molecule has 1 amide bonds. The Morgan fingerprint density at radius 2 is 1.75 bits per heavy atom. The zero-order valence-corrected chi connectivity index (χ0v) is 15.5. The SMILES string of the molecule is CC(C)(C)NCCNCC(=O)N(c1ccccc1)C1CCCCC1. The average Bonchev–Trinajstić information content (AvgIpc) is 2.56. The lowest BCUT2D eigenvalue weighted by Gasteiger charge is -2.34. The number of para-hydroxylation sites is 1. The van der Waals surface area contributed by atoms with E-state index in [1.807, 2.05) is 35.2 Å². The van der Waals surface area contributed by atoms with E-state index in [1.165, 1.54) is 19.3 Å². The Kier molecular flexibility index (Phi) is 7.25. The van der Waals surface area contributed by atoms with Crippen molar-refractivity contribution < 1.29 is 4.79 Å². The van der Waals surface area contributed by atoms with E-state index >= 15 is 0 Å². The van der Waals surface area contributed by atoms with Crippen LogP contribution in [0.3, 0.4) is 0 Å². The van der Waals surface area contributed by atoms with Crippen molar-refractivity contribution in [2.75, 3.05) is 24.5 Å². The fraction of sp³-hybridized carbons (Fsp3) is 0.650. The second-order valence-electron chi connectivity index (χ2n) is 7.74. The van der Waals surface area contributed by atoms with E-state index in [0.717, 1.165) is 31.6 Å². The number of nitrogens with one attached hydrogen (secondary N) is 2. The molecule has 0 unspecified atom stereocenters. The second kappa shape index (κ2) is 9.19. The van der Waals surface area contributed by atoms with Crippen molar-refractivity contribution in [1.82, 2.24) is 10.6 Å². The van der Waals surface area contributed by atoms with Crippen molar-refractivity contribution in [1.29, 1.82) is 0 Å². The van der Waals surface area contributed by atoms with Gasteiger partial charge in [0.15, 0.2) is 0 Å². The standard InChI is InChI=1S/C20H33N3O/c1-20(2,3)22-15-14-21-16-19(24)23(17-10-6-4-7-11-17)18-12-8-5-9-13-18/h4,6-7,10-11,18,21-22H,5,8-9,12-16H2,1-3H3. The lowest BCUT2D eigenvalue weighted by atomic mass is 9.93. The van der Waals surface area contributed by atoms with Gasteiger partial charge in [-0.25, -0.2) is 0 Å². The molecule has 24 heavy (non-hydrogen) atoms. The lowest BCUT2D eigenvalue weighted by Crippen LogP contribution is -2.47. The molecule has 1 saturated carbocycles. The van der Waals surface area contributed by atoms with Gasteiger partial charge in [0.05, 0.1) is 6.54 Å². The molecule has 0 saturated heterocycles. The van der Waals surface area contributed by atoms with Crippen LogP contribution in [0.15, 0.2) is 30.3 Å². The topological polar surface area (TPSA) is 44.4 Å². The predicted molar refractivity (Wildman–Crippen MR) is 101 cm³/mol. The van der Waals surface area contributed by atoms with Crippen molar-refractivity contribution in [3.05, 3.63) is 30.3 Å². The van der Waals surface area contributed by atoms with Gasteiger partial charge in [0.25, 0.3) is 0 Å². The molecule has 0 radical (unpaired) electrons. The summed E-state index contributed by atoms with van der Waals surface area (Å²) in [6, 6.07) is 10.5. The van der Waals surface area contributed by atoms with Gasteiger partial charge in [-0.05, 0) is 45.7 Å². The van der Waals surface area contributed by atoms with Crippen molar-refractivity contribution >= 4 is 11.6 Å². The Labute approximate surface area is 147 Å². The van der Waals surface area contributed by atoms with Crippen LogP contribution in [0.4, 0.5) is 5.69 Å². The fourth-order valence-electron chi connectivity index (χ4n) is 3.29. The van der Waals surface area contributed by atoms with Crippen molar-refractivity contribution in [2.24, 2.45) is 0 Å². The molecule has 0 aromatic heterocycles. The molecular weight excluding hydrogens is 298 g/mol. The molecule has 2 rings (SSSR count). The number of hydrogen-bond acceptors (Lipinski definition) is 3. The molecule has 1 aliphatic carbocycles. The zero-order valence-electron chi connectivity index (χ0n) is 15.5. The molecule has 2 N–H and O–H groups in total. The van der Waals surface area contributed by atoms with Gasteiger partial charge in [-0.3, -0.25) is 4.79 Å². The summed E-state index contributed by atoms with van der Waals surface area (Å²) in [7, 11) is 0. The van der Waals surface area contributed by atoms with Crippen molar-refractivity contribution in [3.63, 3.8) is 0 Å². The Morgan fingerprint density at radius 1 is 1.08 bits per heavy atom. The summed E-state index contributed by atoms with van der Waals surface area (Å²) in [6.45, 7) is 8.52. The van der Waals surface area contributed by atoms with E-state index in [4.69, 9.17) is 0 Å². The van der Waals surface area contributed by atoms with Crippen LogP contribution in [-0.4, -0.2) is 37.1 Å². The Morgan fingerprint density at radius 3 is 2.38 bits per heavy atom. The molecule has 1 aromatic rings. The first kappa shape index (κ1) is 18.9. The quantitative estimate of drug-likeness (QED) is 0.753. The van der Waals surface area contributed by atoms with Crippen LogP contribution in [-0.2, 0) is 4.79 Å². The Balaban J connectivity index is 1.90. The van der Waals surface area contributed by atoms with E-state index < -0.39 is 0 Å². The van der Waals surface area contributed by atoms with Gasteiger partial charge < -0.3 is 15.5 Å². The third kappa shape index (κ3) is 6.25. The summed E-state index contributed by atoms with van der Waals surface area (Å²) in [4.78, 5) is 14.9. The van der Waals surface area contributed by atoms with Crippen LogP contribution < -0.4 is 15.5 Å². The number of carbonyl (C=O) groups is 1. The highest BCUT2D eigenvalue weighted by molar-refractivity contribution is 5.95. The normalized spacial score (nSPS) is 16.1. The van der Waals surface area contributed by atoms with E-state index in [9.17, 15) is 4.79 Å². The lowest BCUT2D eigenvalue weighted by molar-refractivity contribution is -0.118. The summed E-state index contributed by atoms with van der Waals surface area (Å²) >= 11 is 0. The van der Waals surface area contributed by atoms with E-state index in [2.05, 4.69) is 31.4 Å². The first-order chi connectivity index (χ1) is 11.5. The van der Waals surface area contributed by atoms with Crippen molar-refractivity contribution in [2.45, 2.75) is 64.5 Å². The highest BCUT2D eigenvalue weighted by atomic mass is 16.2. The van der Waals surface area contributed by atoms with E-state index in [0.29, 0.717) is 12.6 Å². The monoisotopic (exact) mass is 331 g/mol. The summed E-state index contributed by atoms with van der Waals surface area (Å²) in [5.41, 5.74) is 1.15. The third-order valence-electron chi connectivity index (χ3n) is 4.48. The number of carbonyl (C=O) groups excluding carboxylic acids is 1. The van der Waals surface area contributed by atoms with Gasteiger partial charge >= 0.3 is 0 Å². The number of anilines is 1. The summed E-state index contributed by atoms with van der Waals surface area (Å²) in [5.74, 6) is 0.184. The number of benzene rings is 1. The van der Waals surface area contributed by atoms with Crippen LogP contribution in [0.5, 0.6) is 0 Å². The van der Waals surface area contributed by atoms with Crippen LogP contribution in [0, 0.1) is 0 Å². The summed E-state index contributed by atoms with van der Waals surface area (Å²) < 4.78 is 0. The highest BCUT2D eigenvalue weighted by Crippen LogP contribution is 2.27. The number of nitrogens with zero attached hydrogens (tertiary/aromatic N) is 1. The molecule has 1 aromatic carbocycles. The third-order valence-corrected chi connectivity index (χ3v) is 4.48. The molecule has 0 heterocycles. The molecular formula is C20H33N3O. The van der Waals surface area contributed by atoms with Gasteiger partial charge in [-0.15, -0.1) is 0 Å². The Bertz CT molecular complexity index is 489. The largest absolute Gasteiger partial charge is 0.311 e. The van der Waals surface area contributed by atoms with Gasteiger partial charge in [0.2, 0.25) is 5.91 Å². The highest BCUT2D eigenvalue weighted by Gasteiger charge is 2.26. The van der Waals surface area contributed by atoms with Crippen molar-refractivity contribution in [3.8, 4) is 0 Å².